The molecule has 0 radical (unpaired) electrons. The number of imide groups is 1. The van der Waals surface area contributed by atoms with E-state index in [2.05, 4.69) is 15.8 Å². The number of nitrogens with zero attached hydrogens (tertiary/aromatic N) is 4. The van der Waals surface area contributed by atoms with Gasteiger partial charge in [0.15, 0.2) is 0 Å². The number of nitrogens with one attached hydrogen (secondary N) is 2. The van der Waals surface area contributed by atoms with E-state index in [1.807, 2.05) is 75.5 Å². The molecule has 3 aromatic carbocycles. The molecule has 1 aliphatic rings. The molecule has 4 N–H and O–H groups in total. The highest BCUT2D eigenvalue weighted by Gasteiger charge is 2.44. The second-order valence-corrected chi connectivity index (χ2v) is 15.8. The van der Waals surface area contributed by atoms with Gasteiger partial charge < -0.3 is 25.8 Å². The number of amides is 4. The van der Waals surface area contributed by atoms with Crippen molar-refractivity contribution in [3.63, 3.8) is 0 Å². The number of carbonyl (C=O) groups excluding carboxylic acids is 3. The molecule has 1 fully saturated rings. The highest BCUT2D eigenvalue weighted by molar-refractivity contribution is 7.89. The van der Waals surface area contributed by atoms with Gasteiger partial charge in [0.2, 0.25) is 15.9 Å². The van der Waals surface area contributed by atoms with Gasteiger partial charge in [0, 0.05) is 19.6 Å². The molecule has 0 saturated carbocycles. The molecule has 0 spiro atoms. The van der Waals surface area contributed by atoms with Crippen LogP contribution in [0.2, 0.25) is 0 Å². The van der Waals surface area contributed by atoms with E-state index >= 15 is 0 Å². The summed E-state index contributed by atoms with van der Waals surface area (Å²) in [5, 5.41) is 29.6. The fourth-order valence-corrected chi connectivity index (χ4v) is 7.96. The first-order chi connectivity index (χ1) is 24.7. The largest absolute Gasteiger partial charge is 0.411 e. The Morgan fingerprint density at radius 3 is 2.21 bits per heavy atom. The highest BCUT2D eigenvalue weighted by Crippen LogP contribution is 2.24. The van der Waals surface area contributed by atoms with Crippen LogP contribution in [-0.2, 0) is 39.1 Å². The average Bonchev–Trinajstić information content (AvgIpc) is 3.36. The smallest absolute Gasteiger partial charge is 0.328 e. The summed E-state index contributed by atoms with van der Waals surface area (Å²) in [6.07, 6.45) is -0.00464. The molecule has 14 heteroatoms. The fraction of sp³-hybridized carbons (Fsp3) is 0.421. The van der Waals surface area contributed by atoms with Gasteiger partial charge in [-0.2, -0.15) is 4.31 Å². The Kier molecular flexibility index (Phi) is 14.1. The number of aliphatic hydroxyl groups excluding tert-OH is 1. The first kappa shape index (κ1) is 40.1. The average molecular weight is 735 g/mol. The SMILES string of the molecule is CNCc1cccc(CN2C(=O)CN([C@@H](C(=O)N[C@@H](Cc3ccccc3)[C@@H](O)CN(CC(C)C)S(=O)(=O)c3ccc(C=NO)cc3)C(C)C)C2=O)c1. The minimum atomic E-state index is -4.10. The molecule has 0 aliphatic carbocycles. The third kappa shape index (κ3) is 10.2. The summed E-state index contributed by atoms with van der Waals surface area (Å²) < 4.78 is 29.0. The molecule has 0 aromatic heterocycles. The van der Waals surface area contributed by atoms with Crippen molar-refractivity contribution < 1.29 is 33.1 Å². The maximum Gasteiger partial charge on any atom is 0.328 e. The monoisotopic (exact) mass is 734 g/mol. The number of hydrogen-bond acceptors (Lipinski definition) is 9. The molecule has 0 bridgehead atoms. The molecule has 3 aromatic rings. The Morgan fingerprint density at radius 1 is 0.942 bits per heavy atom. The lowest BCUT2D eigenvalue weighted by molar-refractivity contribution is -0.129. The lowest BCUT2D eigenvalue weighted by Crippen LogP contribution is -2.57. The van der Waals surface area contributed by atoms with E-state index in [1.54, 1.807) is 13.8 Å². The molecule has 13 nitrogen and oxygen atoms in total. The van der Waals surface area contributed by atoms with Crippen LogP contribution in [-0.4, -0.2) is 102 Å². The van der Waals surface area contributed by atoms with E-state index in [4.69, 9.17) is 5.21 Å². The maximum atomic E-state index is 14.2. The van der Waals surface area contributed by atoms with Crippen molar-refractivity contribution in [1.82, 2.24) is 24.7 Å². The van der Waals surface area contributed by atoms with Crippen molar-refractivity contribution >= 4 is 34.1 Å². The lowest BCUT2D eigenvalue weighted by Gasteiger charge is -2.34. The molecule has 1 heterocycles. The van der Waals surface area contributed by atoms with Crippen molar-refractivity contribution in [2.45, 2.75) is 70.3 Å². The van der Waals surface area contributed by atoms with Crippen molar-refractivity contribution in [3.05, 3.63) is 101 Å². The minimum absolute atomic E-state index is 0.00511. The van der Waals surface area contributed by atoms with Crippen LogP contribution in [0.25, 0.3) is 0 Å². The number of benzene rings is 3. The minimum Gasteiger partial charge on any atom is -0.411 e. The normalized spacial score (nSPS) is 15.6. The van der Waals surface area contributed by atoms with Crippen molar-refractivity contribution in [1.29, 1.82) is 0 Å². The molecular formula is C38H50N6O7S. The first-order valence-electron chi connectivity index (χ1n) is 17.4. The number of oxime groups is 1. The second-order valence-electron chi connectivity index (χ2n) is 13.8. The summed E-state index contributed by atoms with van der Waals surface area (Å²) in [4.78, 5) is 43.5. The molecule has 52 heavy (non-hydrogen) atoms. The Bertz CT molecular complexity index is 1800. The second kappa shape index (κ2) is 18.2. The zero-order valence-corrected chi connectivity index (χ0v) is 31.2. The van der Waals surface area contributed by atoms with Gasteiger partial charge in [0.1, 0.15) is 12.6 Å². The first-order valence-corrected chi connectivity index (χ1v) is 18.8. The summed E-state index contributed by atoms with van der Waals surface area (Å²) in [6.45, 7) is 7.47. The van der Waals surface area contributed by atoms with Gasteiger partial charge in [-0.1, -0.05) is 99.6 Å². The van der Waals surface area contributed by atoms with Gasteiger partial charge in [-0.25, -0.2) is 13.2 Å². The van der Waals surface area contributed by atoms with Gasteiger partial charge in [-0.3, -0.25) is 14.5 Å². The van der Waals surface area contributed by atoms with Crippen LogP contribution < -0.4 is 10.6 Å². The fourth-order valence-electron chi connectivity index (χ4n) is 6.34. The Balaban J connectivity index is 1.58. The molecule has 0 unspecified atom stereocenters. The highest BCUT2D eigenvalue weighted by atomic mass is 32.2. The molecule has 1 saturated heterocycles. The Hall–Kier alpha value is -4.63. The summed E-state index contributed by atoms with van der Waals surface area (Å²) in [6, 6.07) is 20.0. The van der Waals surface area contributed by atoms with Crippen LogP contribution in [0.1, 0.15) is 49.9 Å². The Morgan fingerprint density at radius 2 is 1.60 bits per heavy atom. The van der Waals surface area contributed by atoms with Gasteiger partial charge in [-0.05, 0) is 59.7 Å². The quantitative estimate of drug-likeness (QED) is 0.0667. The van der Waals surface area contributed by atoms with E-state index in [0.29, 0.717) is 12.1 Å². The standard InChI is InChI=1S/C38H50N6O7S/c1-26(2)22-42(52(50,51)32-16-14-29(15-17-32)21-40-49)24-34(45)33(19-28-10-7-6-8-11-28)41-37(47)36(27(3)4)44-25-35(46)43(38(44)48)23-31-13-9-12-30(18-31)20-39-5/h6-18,21,26-27,33-34,36,39,45,49H,19-20,22-25H2,1-5H3,(H,41,47)/t33-,34-,36+/m0/s1. The number of carbonyl (C=O) groups is 3. The van der Waals surface area contributed by atoms with Gasteiger partial charge >= 0.3 is 6.03 Å². The van der Waals surface area contributed by atoms with E-state index in [1.165, 1.54) is 39.7 Å². The summed E-state index contributed by atoms with van der Waals surface area (Å²) in [5.74, 6) is -1.48. The number of urea groups is 1. The summed E-state index contributed by atoms with van der Waals surface area (Å²) >= 11 is 0. The van der Waals surface area contributed by atoms with Crippen molar-refractivity contribution in [2.24, 2.45) is 17.0 Å². The van der Waals surface area contributed by atoms with Crippen LogP contribution >= 0.6 is 0 Å². The molecule has 1 aliphatic heterocycles. The van der Waals surface area contributed by atoms with E-state index in [0.717, 1.165) is 21.6 Å². The summed E-state index contributed by atoms with van der Waals surface area (Å²) in [7, 11) is -2.27. The number of rotatable bonds is 18. The van der Waals surface area contributed by atoms with Crippen LogP contribution in [0.15, 0.2) is 88.9 Å². The number of hydrogen-bond donors (Lipinski definition) is 4. The number of sulfonamides is 1. The molecular weight excluding hydrogens is 685 g/mol. The lowest BCUT2D eigenvalue weighted by atomic mass is 9.97. The van der Waals surface area contributed by atoms with E-state index in [9.17, 15) is 27.9 Å². The van der Waals surface area contributed by atoms with E-state index in [-0.39, 0.29) is 43.4 Å². The number of aliphatic hydroxyl groups is 1. The molecule has 280 valence electrons. The third-order valence-electron chi connectivity index (χ3n) is 8.81. The van der Waals surface area contributed by atoms with Gasteiger partial charge in [0.05, 0.1) is 29.8 Å². The van der Waals surface area contributed by atoms with Crippen molar-refractivity contribution in [2.75, 3.05) is 26.7 Å². The predicted octanol–water partition coefficient (Wildman–Crippen LogP) is 3.44. The molecule has 4 amide bonds. The van der Waals surface area contributed by atoms with Crippen molar-refractivity contribution in [3.8, 4) is 0 Å². The molecule has 3 atom stereocenters. The van der Waals surface area contributed by atoms with E-state index < -0.39 is 52.0 Å². The van der Waals surface area contributed by atoms with Crippen LogP contribution in [0, 0.1) is 11.8 Å². The third-order valence-corrected chi connectivity index (χ3v) is 10.7. The molecule has 4 rings (SSSR count). The predicted molar refractivity (Wildman–Crippen MR) is 198 cm³/mol. The zero-order valence-electron chi connectivity index (χ0n) is 30.3. The summed E-state index contributed by atoms with van der Waals surface area (Å²) in [5.41, 5.74) is 3.08. The van der Waals surface area contributed by atoms with Gasteiger partial charge in [0.25, 0.3) is 5.91 Å². The zero-order chi connectivity index (χ0) is 38.0. The topological polar surface area (TPSA) is 172 Å². The van der Waals surface area contributed by atoms with Crippen LogP contribution in [0.3, 0.4) is 0 Å². The maximum absolute atomic E-state index is 14.2. The Labute approximate surface area is 306 Å². The van der Waals surface area contributed by atoms with Crippen LogP contribution in [0.4, 0.5) is 4.79 Å². The van der Waals surface area contributed by atoms with Gasteiger partial charge in [-0.15, -0.1) is 0 Å². The van der Waals surface area contributed by atoms with Crippen LogP contribution in [0.5, 0.6) is 0 Å².